The Morgan fingerprint density at radius 2 is 1.73 bits per heavy atom. The lowest BCUT2D eigenvalue weighted by atomic mass is 9.81. The van der Waals surface area contributed by atoms with E-state index in [-0.39, 0.29) is 5.41 Å². The van der Waals surface area contributed by atoms with Gasteiger partial charge in [0.25, 0.3) is 0 Å². The van der Waals surface area contributed by atoms with Gasteiger partial charge in [-0.3, -0.25) is 0 Å². The number of benzene rings is 2. The summed E-state index contributed by atoms with van der Waals surface area (Å²) in [5.74, 6) is 1.11. The highest BCUT2D eigenvalue weighted by atomic mass is 32.2. The van der Waals surface area contributed by atoms with Crippen LogP contribution in [0.25, 0.3) is 0 Å². The van der Waals surface area contributed by atoms with E-state index in [1.807, 2.05) is 19.1 Å². The second-order valence-corrected chi connectivity index (χ2v) is 11.7. The van der Waals surface area contributed by atoms with Gasteiger partial charge in [-0.25, -0.2) is 8.42 Å². The van der Waals surface area contributed by atoms with Gasteiger partial charge in [0.05, 0.1) is 4.90 Å². The SMILES string of the molecule is Cc1ccc(S(=O)(=O)N2CCN3c4ccccc4[C@@H]4C(C5CC5)=C[C@@](C)(C2)[C@@H]43)cc1. The zero-order chi connectivity index (χ0) is 20.7. The summed E-state index contributed by atoms with van der Waals surface area (Å²) in [4.78, 5) is 2.91. The minimum Gasteiger partial charge on any atom is -0.365 e. The largest absolute Gasteiger partial charge is 0.365 e. The summed E-state index contributed by atoms with van der Waals surface area (Å²) >= 11 is 0. The van der Waals surface area contributed by atoms with E-state index in [2.05, 4.69) is 42.2 Å². The molecule has 6 rings (SSSR count). The van der Waals surface area contributed by atoms with Gasteiger partial charge in [-0.2, -0.15) is 4.31 Å². The summed E-state index contributed by atoms with van der Waals surface area (Å²) in [6.07, 6.45) is 5.02. The van der Waals surface area contributed by atoms with Gasteiger partial charge in [-0.15, -0.1) is 0 Å². The number of anilines is 1. The first-order valence-electron chi connectivity index (χ1n) is 11.0. The zero-order valence-corrected chi connectivity index (χ0v) is 18.4. The van der Waals surface area contributed by atoms with Crippen LogP contribution in [0.1, 0.15) is 36.8 Å². The Morgan fingerprint density at radius 3 is 2.47 bits per heavy atom. The maximum atomic E-state index is 13.5. The molecule has 156 valence electrons. The van der Waals surface area contributed by atoms with E-state index in [1.54, 1.807) is 22.0 Å². The Bertz CT molecular complexity index is 1150. The van der Waals surface area contributed by atoms with Crippen molar-refractivity contribution in [2.24, 2.45) is 11.3 Å². The highest BCUT2D eigenvalue weighted by molar-refractivity contribution is 7.89. The molecule has 4 aliphatic rings. The Kier molecular flexibility index (Phi) is 3.86. The molecule has 2 aromatic carbocycles. The molecule has 0 aromatic heterocycles. The second kappa shape index (κ2) is 6.21. The predicted molar refractivity (Wildman–Crippen MR) is 119 cm³/mol. The Hall–Kier alpha value is -2.11. The molecule has 0 radical (unpaired) electrons. The number of hydrogen-bond acceptors (Lipinski definition) is 3. The normalized spacial score (nSPS) is 30.6. The fourth-order valence-electron chi connectivity index (χ4n) is 6.10. The third-order valence-corrected chi connectivity index (χ3v) is 9.44. The van der Waals surface area contributed by atoms with E-state index in [0.29, 0.717) is 35.9 Å². The van der Waals surface area contributed by atoms with Crippen LogP contribution in [0.4, 0.5) is 5.69 Å². The molecule has 0 spiro atoms. The number of sulfonamides is 1. The summed E-state index contributed by atoms with van der Waals surface area (Å²) in [5, 5.41) is 0. The van der Waals surface area contributed by atoms with Crippen molar-refractivity contribution in [1.29, 1.82) is 0 Å². The standard InChI is InChI=1S/C25H28N2O2S/c1-17-7-11-19(12-8-17)30(28,29)26-13-14-27-22-6-4-3-5-20(22)23-21(18-9-10-18)15-25(2,16-26)24(23)27/h3-8,11-12,15,18,23-24H,9-10,13-14,16H2,1-2H3/t23-,24-,25+/m1/s1. The average Bonchev–Trinajstić information content (AvgIpc) is 3.48. The first kappa shape index (κ1) is 18.6. The van der Waals surface area contributed by atoms with Crippen molar-refractivity contribution >= 4 is 15.7 Å². The molecule has 0 amide bonds. The van der Waals surface area contributed by atoms with Crippen molar-refractivity contribution in [2.45, 2.75) is 43.5 Å². The van der Waals surface area contributed by atoms with Crippen LogP contribution in [-0.2, 0) is 10.0 Å². The minimum atomic E-state index is -3.52. The molecule has 0 unspecified atom stereocenters. The molecular formula is C25H28N2O2S. The van der Waals surface area contributed by atoms with E-state index in [4.69, 9.17) is 0 Å². The van der Waals surface area contributed by atoms with Crippen molar-refractivity contribution in [3.05, 3.63) is 71.3 Å². The highest BCUT2D eigenvalue weighted by Gasteiger charge is 2.57. The van der Waals surface area contributed by atoms with Gasteiger partial charge < -0.3 is 4.90 Å². The van der Waals surface area contributed by atoms with Gasteiger partial charge >= 0.3 is 0 Å². The van der Waals surface area contributed by atoms with Crippen molar-refractivity contribution in [3.63, 3.8) is 0 Å². The summed E-state index contributed by atoms with van der Waals surface area (Å²) in [6, 6.07) is 16.4. The summed E-state index contributed by atoms with van der Waals surface area (Å²) in [5.41, 5.74) is 5.20. The molecular weight excluding hydrogens is 392 g/mol. The van der Waals surface area contributed by atoms with Crippen LogP contribution in [0.2, 0.25) is 0 Å². The van der Waals surface area contributed by atoms with Crippen LogP contribution in [0.3, 0.4) is 0 Å². The van der Waals surface area contributed by atoms with Crippen molar-refractivity contribution in [2.75, 3.05) is 24.5 Å². The Morgan fingerprint density at radius 1 is 1.00 bits per heavy atom. The van der Waals surface area contributed by atoms with Crippen LogP contribution < -0.4 is 4.90 Å². The lowest BCUT2D eigenvalue weighted by Crippen LogP contribution is -2.45. The second-order valence-electron chi connectivity index (χ2n) is 9.75. The number of hydrogen-bond donors (Lipinski definition) is 0. The first-order chi connectivity index (χ1) is 14.4. The molecule has 30 heavy (non-hydrogen) atoms. The van der Waals surface area contributed by atoms with E-state index < -0.39 is 10.0 Å². The summed E-state index contributed by atoms with van der Waals surface area (Å²) < 4.78 is 28.8. The maximum Gasteiger partial charge on any atom is 0.243 e. The molecule has 0 bridgehead atoms. The predicted octanol–water partition coefficient (Wildman–Crippen LogP) is 4.33. The maximum absolute atomic E-state index is 13.5. The van der Waals surface area contributed by atoms with Crippen LogP contribution in [-0.4, -0.2) is 38.4 Å². The van der Waals surface area contributed by atoms with Gasteiger partial charge in [0.15, 0.2) is 0 Å². The van der Waals surface area contributed by atoms with E-state index in [9.17, 15) is 8.42 Å². The number of aryl methyl sites for hydroxylation is 1. The van der Waals surface area contributed by atoms with E-state index in [1.165, 1.54) is 24.1 Å². The molecule has 1 saturated heterocycles. The van der Waals surface area contributed by atoms with Crippen molar-refractivity contribution in [3.8, 4) is 0 Å². The molecule has 0 N–H and O–H groups in total. The van der Waals surface area contributed by atoms with Crippen LogP contribution in [0.5, 0.6) is 0 Å². The van der Waals surface area contributed by atoms with Gasteiger partial charge in [0.1, 0.15) is 0 Å². The average molecular weight is 421 g/mol. The fraction of sp³-hybridized carbons (Fsp3) is 0.440. The third-order valence-electron chi connectivity index (χ3n) is 7.58. The zero-order valence-electron chi connectivity index (χ0n) is 17.6. The van der Waals surface area contributed by atoms with E-state index >= 15 is 0 Å². The molecule has 2 aromatic rings. The monoisotopic (exact) mass is 420 g/mol. The van der Waals surface area contributed by atoms with Crippen LogP contribution >= 0.6 is 0 Å². The number of para-hydroxylation sites is 1. The molecule has 4 nitrogen and oxygen atoms in total. The van der Waals surface area contributed by atoms with Gasteiger partial charge in [0, 0.05) is 42.7 Å². The first-order valence-corrected chi connectivity index (χ1v) is 12.5. The topological polar surface area (TPSA) is 40.6 Å². The summed E-state index contributed by atoms with van der Waals surface area (Å²) in [6.45, 7) is 6.08. The minimum absolute atomic E-state index is 0.185. The lowest BCUT2D eigenvalue weighted by Gasteiger charge is -2.36. The lowest BCUT2D eigenvalue weighted by molar-refractivity contribution is 0.287. The number of rotatable bonds is 3. The molecule has 2 aliphatic heterocycles. The fourth-order valence-corrected chi connectivity index (χ4v) is 7.64. The summed E-state index contributed by atoms with van der Waals surface area (Å²) in [7, 11) is -3.52. The Labute approximate surface area is 179 Å². The van der Waals surface area contributed by atoms with Crippen LogP contribution in [0, 0.1) is 18.3 Å². The molecule has 5 heteroatoms. The molecule has 3 atom stereocenters. The van der Waals surface area contributed by atoms with Crippen molar-refractivity contribution < 1.29 is 8.42 Å². The van der Waals surface area contributed by atoms with E-state index in [0.717, 1.165) is 12.1 Å². The van der Waals surface area contributed by atoms with Gasteiger partial charge in [0.2, 0.25) is 10.0 Å². The van der Waals surface area contributed by atoms with Crippen molar-refractivity contribution in [1.82, 2.24) is 4.31 Å². The highest BCUT2D eigenvalue weighted by Crippen LogP contribution is 2.61. The molecule has 2 aliphatic carbocycles. The van der Waals surface area contributed by atoms with Gasteiger partial charge in [-0.1, -0.05) is 54.5 Å². The quantitative estimate of drug-likeness (QED) is 0.694. The van der Waals surface area contributed by atoms with Crippen LogP contribution in [0.15, 0.2) is 65.1 Å². The third kappa shape index (κ3) is 2.58. The molecule has 2 fully saturated rings. The molecule has 1 saturated carbocycles. The molecule has 2 heterocycles. The van der Waals surface area contributed by atoms with Gasteiger partial charge in [-0.05, 0) is 49.4 Å². The number of nitrogens with zero attached hydrogens (tertiary/aromatic N) is 2. The Balaban J connectivity index is 1.44. The number of fused-ring (bicyclic) bond motifs is 3. The smallest absolute Gasteiger partial charge is 0.243 e.